The van der Waals surface area contributed by atoms with Crippen molar-refractivity contribution in [2.75, 3.05) is 6.61 Å². The van der Waals surface area contributed by atoms with Crippen LogP contribution in [0.15, 0.2) is 17.0 Å². The number of esters is 1. The summed E-state index contributed by atoms with van der Waals surface area (Å²) < 4.78 is 41.7. The molecule has 1 rings (SSSR count). The van der Waals surface area contributed by atoms with Gasteiger partial charge in [-0.25, -0.2) is 4.79 Å². The number of ether oxygens (including phenoxy) is 1. The number of nitrogens with zero attached hydrogens (tertiary/aromatic N) is 1. The van der Waals surface area contributed by atoms with Gasteiger partial charge in [0.25, 0.3) is 0 Å². The fourth-order valence-corrected chi connectivity index (χ4v) is 2.11. The number of alkyl halides is 3. The summed E-state index contributed by atoms with van der Waals surface area (Å²) in [4.78, 5) is 11.1. The number of thioether (sulfide) groups is 1. The van der Waals surface area contributed by atoms with E-state index < -0.39 is 28.1 Å². The molecule has 0 atom stereocenters. The monoisotopic (exact) mass is 309 g/mol. The van der Waals surface area contributed by atoms with Crippen LogP contribution in [0, 0.1) is 11.3 Å². The smallest absolute Gasteiger partial charge is 0.446 e. The van der Waals surface area contributed by atoms with Crippen LogP contribution in [0.1, 0.15) is 22.8 Å². The predicted molar refractivity (Wildman–Crippen MR) is 64.0 cm³/mol. The van der Waals surface area contributed by atoms with E-state index in [1.807, 2.05) is 0 Å². The van der Waals surface area contributed by atoms with E-state index in [9.17, 15) is 18.0 Å². The molecule has 102 valence electrons. The molecule has 3 nitrogen and oxygen atoms in total. The molecule has 0 unspecified atom stereocenters. The van der Waals surface area contributed by atoms with E-state index in [1.165, 1.54) is 0 Å². The zero-order valence-electron chi connectivity index (χ0n) is 9.55. The summed E-state index contributed by atoms with van der Waals surface area (Å²) in [6.45, 7) is 1.63. The fourth-order valence-electron chi connectivity index (χ4n) is 1.21. The Morgan fingerprint density at radius 2 is 2.16 bits per heavy atom. The molecule has 1 aromatic carbocycles. The second-order valence-electron chi connectivity index (χ2n) is 3.22. The first-order valence-corrected chi connectivity index (χ1v) is 6.14. The van der Waals surface area contributed by atoms with Crippen molar-refractivity contribution in [3.05, 3.63) is 28.3 Å². The van der Waals surface area contributed by atoms with Crippen LogP contribution in [0.5, 0.6) is 0 Å². The lowest BCUT2D eigenvalue weighted by atomic mass is 10.1. The number of halogens is 4. The van der Waals surface area contributed by atoms with Gasteiger partial charge in [-0.2, -0.15) is 18.4 Å². The molecule has 0 aliphatic heterocycles. The number of rotatable bonds is 3. The van der Waals surface area contributed by atoms with Crippen LogP contribution in [-0.2, 0) is 4.74 Å². The highest BCUT2D eigenvalue weighted by molar-refractivity contribution is 8.00. The third-order valence-corrected chi connectivity index (χ3v) is 3.19. The molecule has 0 N–H and O–H groups in total. The van der Waals surface area contributed by atoms with Gasteiger partial charge in [0, 0.05) is 4.90 Å². The van der Waals surface area contributed by atoms with Crippen molar-refractivity contribution in [3.63, 3.8) is 0 Å². The van der Waals surface area contributed by atoms with E-state index in [2.05, 4.69) is 4.74 Å². The van der Waals surface area contributed by atoms with Crippen molar-refractivity contribution in [2.24, 2.45) is 0 Å². The van der Waals surface area contributed by atoms with Gasteiger partial charge in [-0.05, 0) is 30.8 Å². The van der Waals surface area contributed by atoms with Crippen molar-refractivity contribution < 1.29 is 22.7 Å². The molecule has 0 amide bonds. The van der Waals surface area contributed by atoms with Gasteiger partial charge in [0.1, 0.15) is 6.07 Å². The number of carbonyl (C=O) groups excluding carboxylic acids is 1. The maximum absolute atomic E-state index is 12.3. The van der Waals surface area contributed by atoms with E-state index in [-0.39, 0.29) is 22.8 Å². The second-order valence-corrected chi connectivity index (χ2v) is 4.70. The number of benzene rings is 1. The summed E-state index contributed by atoms with van der Waals surface area (Å²) in [5.41, 5.74) is -4.92. The minimum absolute atomic E-state index is 0.0745. The van der Waals surface area contributed by atoms with Crippen molar-refractivity contribution in [3.8, 4) is 6.07 Å². The first-order chi connectivity index (χ1) is 8.78. The fraction of sp³-hybridized carbons (Fsp3) is 0.273. The molecule has 0 bridgehead atoms. The predicted octanol–water partition coefficient (Wildman–Crippen LogP) is 4.00. The lowest BCUT2D eigenvalue weighted by molar-refractivity contribution is -0.0328. The van der Waals surface area contributed by atoms with Crippen molar-refractivity contribution in [1.82, 2.24) is 0 Å². The van der Waals surface area contributed by atoms with Gasteiger partial charge in [0.05, 0.1) is 22.8 Å². The van der Waals surface area contributed by atoms with Gasteiger partial charge in [-0.3, -0.25) is 0 Å². The van der Waals surface area contributed by atoms with Crippen LogP contribution in [0.3, 0.4) is 0 Å². The molecule has 0 aliphatic carbocycles. The van der Waals surface area contributed by atoms with Crippen molar-refractivity contribution in [1.29, 1.82) is 5.26 Å². The van der Waals surface area contributed by atoms with E-state index in [4.69, 9.17) is 16.9 Å². The van der Waals surface area contributed by atoms with Crippen molar-refractivity contribution >= 4 is 29.3 Å². The zero-order chi connectivity index (χ0) is 14.6. The number of carbonyl (C=O) groups is 1. The summed E-state index contributed by atoms with van der Waals surface area (Å²) in [5, 5.41) is 8.46. The summed E-state index contributed by atoms with van der Waals surface area (Å²) in [7, 11) is 0. The first-order valence-electron chi connectivity index (χ1n) is 4.95. The Morgan fingerprint density at radius 1 is 1.53 bits per heavy atom. The third-order valence-electron chi connectivity index (χ3n) is 1.90. The summed E-state index contributed by atoms with van der Waals surface area (Å²) in [5.74, 6) is -0.806. The molecule has 0 heterocycles. The Labute approximate surface area is 116 Å². The van der Waals surface area contributed by atoms with E-state index in [0.717, 1.165) is 12.1 Å². The molecule has 0 fully saturated rings. The highest BCUT2D eigenvalue weighted by Gasteiger charge is 2.31. The maximum Gasteiger partial charge on any atom is 0.446 e. The summed E-state index contributed by atoms with van der Waals surface area (Å²) in [6.07, 6.45) is 0. The van der Waals surface area contributed by atoms with Crippen LogP contribution in [0.2, 0.25) is 5.02 Å². The highest BCUT2D eigenvalue weighted by Crippen LogP contribution is 2.41. The van der Waals surface area contributed by atoms with Gasteiger partial charge >= 0.3 is 11.5 Å². The Bertz CT molecular complexity index is 540. The molecule has 0 aromatic heterocycles. The molecule has 19 heavy (non-hydrogen) atoms. The molecule has 0 aliphatic rings. The molecule has 8 heteroatoms. The highest BCUT2D eigenvalue weighted by atomic mass is 35.5. The number of nitriles is 1. The van der Waals surface area contributed by atoms with Gasteiger partial charge in [-0.1, -0.05) is 11.6 Å². The van der Waals surface area contributed by atoms with E-state index >= 15 is 0 Å². The lowest BCUT2D eigenvalue weighted by Crippen LogP contribution is -2.07. The van der Waals surface area contributed by atoms with Crippen LogP contribution in [0.25, 0.3) is 0 Å². The summed E-state index contributed by atoms with van der Waals surface area (Å²) >= 11 is 5.19. The van der Waals surface area contributed by atoms with Crippen LogP contribution < -0.4 is 0 Å². The molecular weight excluding hydrogens is 303 g/mol. The van der Waals surface area contributed by atoms with Gasteiger partial charge < -0.3 is 4.74 Å². The molecule has 0 spiro atoms. The lowest BCUT2D eigenvalue weighted by Gasteiger charge is -2.10. The second kappa shape index (κ2) is 6.17. The van der Waals surface area contributed by atoms with Gasteiger partial charge in [-0.15, -0.1) is 0 Å². The van der Waals surface area contributed by atoms with Crippen LogP contribution >= 0.6 is 23.4 Å². The first kappa shape index (κ1) is 15.7. The van der Waals surface area contributed by atoms with Gasteiger partial charge in [0.2, 0.25) is 0 Å². The molecule has 0 saturated carbocycles. The number of hydrogen-bond acceptors (Lipinski definition) is 4. The van der Waals surface area contributed by atoms with Crippen LogP contribution in [0.4, 0.5) is 13.2 Å². The molecular formula is C11H7ClF3NO2S. The Kier molecular flexibility index (Phi) is 5.09. The molecule has 0 radical (unpaired) electrons. The van der Waals surface area contributed by atoms with E-state index in [0.29, 0.717) is 0 Å². The Hall–Kier alpha value is -1.39. The third kappa shape index (κ3) is 4.33. The Morgan fingerprint density at radius 3 is 2.63 bits per heavy atom. The van der Waals surface area contributed by atoms with E-state index in [1.54, 1.807) is 13.0 Å². The average molecular weight is 310 g/mol. The average Bonchev–Trinajstić information content (AvgIpc) is 2.30. The quantitative estimate of drug-likeness (QED) is 0.625. The molecule has 1 aromatic rings. The van der Waals surface area contributed by atoms with Gasteiger partial charge in [0.15, 0.2) is 0 Å². The minimum Gasteiger partial charge on any atom is -0.462 e. The topological polar surface area (TPSA) is 50.1 Å². The van der Waals surface area contributed by atoms with Crippen molar-refractivity contribution in [2.45, 2.75) is 17.3 Å². The maximum atomic E-state index is 12.3. The minimum atomic E-state index is -4.57. The number of hydrogen-bond donors (Lipinski definition) is 0. The largest absolute Gasteiger partial charge is 0.462 e. The summed E-state index contributed by atoms with van der Waals surface area (Å²) in [6, 6.07) is 3.69. The molecule has 0 saturated heterocycles. The Balaban J connectivity index is 3.27. The zero-order valence-corrected chi connectivity index (χ0v) is 11.1. The standard InChI is InChI=1S/C11H7ClF3NO2S/c1-2-18-10(17)6-3-7(5-16)9(12)8(4-6)19-11(13,14)15/h3-4H,2H2,1H3. The van der Waals surface area contributed by atoms with Crippen LogP contribution in [-0.4, -0.2) is 18.1 Å². The normalized spacial score (nSPS) is 10.9. The SMILES string of the molecule is CCOC(=O)c1cc(C#N)c(Cl)c(SC(F)(F)F)c1.